The molecule has 0 aromatic heterocycles. The number of rotatable bonds is 5. The molecule has 1 fully saturated rings. The van der Waals surface area contributed by atoms with Crippen LogP contribution in [0, 0.1) is 5.92 Å². The molecular weight excluding hydrogens is 260 g/mol. The Kier molecular flexibility index (Phi) is 5.80. The lowest BCUT2D eigenvalue weighted by molar-refractivity contribution is -0.143. The molecule has 20 heavy (non-hydrogen) atoms. The van der Waals surface area contributed by atoms with E-state index >= 15 is 0 Å². The Morgan fingerprint density at radius 2 is 2.10 bits per heavy atom. The van der Waals surface area contributed by atoms with Crippen molar-refractivity contribution in [3.63, 3.8) is 0 Å². The van der Waals surface area contributed by atoms with Crippen LogP contribution in [0.5, 0.6) is 0 Å². The average molecular weight is 286 g/mol. The molecule has 116 valence electrons. The second-order valence-corrected chi connectivity index (χ2v) is 6.03. The van der Waals surface area contributed by atoms with Crippen molar-refractivity contribution in [3.05, 3.63) is 0 Å². The summed E-state index contributed by atoms with van der Waals surface area (Å²) in [6.07, 6.45) is 1.35. The van der Waals surface area contributed by atoms with Crippen LogP contribution in [0.1, 0.15) is 40.5 Å². The zero-order valence-corrected chi connectivity index (χ0v) is 12.8. The Labute approximate surface area is 120 Å². The summed E-state index contributed by atoms with van der Waals surface area (Å²) >= 11 is 0. The summed E-state index contributed by atoms with van der Waals surface area (Å²) in [5.41, 5.74) is -0.452. The third-order valence-electron chi connectivity index (χ3n) is 3.61. The van der Waals surface area contributed by atoms with Gasteiger partial charge in [-0.1, -0.05) is 6.92 Å². The molecule has 1 heterocycles. The lowest BCUT2D eigenvalue weighted by atomic mass is 9.93. The molecule has 0 aromatic carbocycles. The summed E-state index contributed by atoms with van der Waals surface area (Å²) in [6, 6.07) is -1.05. The van der Waals surface area contributed by atoms with E-state index in [1.165, 1.54) is 4.90 Å². The quantitative estimate of drug-likeness (QED) is 0.806. The van der Waals surface area contributed by atoms with E-state index in [1.807, 2.05) is 27.7 Å². The number of carbonyl (C=O) groups is 2. The molecular formula is C14H26N2O4. The van der Waals surface area contributed by atoms with E-state index in [-0.39, 0.29) is 6.03 Å². The molecule has 2 amide bonds. The molecule has 0 aliphatic carbocycles. The second kappa shape index (κ2) is 6.92. The summed E-state index contributed by atoms with van der Waals surface area (Å²) in [5, 5.41) is 12.0. The first-order valence-electron chi connectivity index (χ1n) is 7.18. The minimum atomic E-state index is -0.934. The molecule has 2 unspecified atom stereocenters. The molecule has 6 nitrogen and oxygen atoms in total. The monoisotopic (exact) mass is 286 g/mol. The minimum Gasteiger partial charge on any atom is -0.480 e. The standard InChI is InChI=1S/C14H26N2O4/c1-5-20-14(3,4)9-15-13(19)16-7-6-10(2)8-11(16)12(17)18/h10-11H,5-9H2,1-4H3,(H,15,19)(H,17,18). The highest BCUT2D eigenvalue weighted by Crippen LogP contribution is 2.22. The molecule has 0 aromatic rings. The van der Waals surface area contributed by atoms with Gasteiger partial charge in [0.2, 0.25) is 0 Å². The fourth-order valence-electron chi connectivity index (χ4n) is 2.45. The summed E-state index contributed by atoms with van der Waals surface area (Å²) < 4.78 is 5.51. The van der Waals surface area contributed by atoms with Gasteiger partial charge in [0, 0.05) is 19.7 Å². The van der Waals surface area contributed by atoms with Crippen LogP contribution >= 0.6 is 0 Å². The maximum absolute atomic E-state index is 12.2. The van der Waals surface area contributed by atoms with Crippen molar-refractivity contribution in [1.29, 1.82) is 0 Å². The molecule has 1 saturated heterocycles. The largest absolute Gasteiger partial charge is 0.480 e. The van der Waals surface area contributed by atoms with Crippen molar-refractivity contribution >= 4 is 12.0 Å². The molecule has 0 bridgehead atoms. The predicted molar refractivity (Wildman–Crippen MR) is 75.6 cm³/mol. The lowest BCUT2D eigenvalue weighted by Crippen LogP contribution is -2.55. The highest BCUT2D eigenvalue weighted by Gasteiger charge is 2.35. The number of hydrogen-bond donors (Lipinski definition) is 2. The van der Waals surface area contributed by atoms with Gasteiger partial charge in [0.25, 0.3) is 0 Å². The number of nitrogens with zero attached hydrogens (tertiary/aromatic N) is 1. The second-order valence-electron chi connectivity index (χ2n) is 6.03. The normalized spacial score (nSPS) is 23.5. The van der Waals surface area contributed by atoms with Crippen LogP contribution in [-0.2, 0) is 9.53 Å². The Morgan fingerprint density at radius 1 is 1.45 bits per heavy atom. The van der Waals surface area contributed by atoms with Crippen LogP contribution in [0.25, 0.3) is 0 Å². The number of urea groups is 1. The van der Waals surface area contributed by atoms with Crippen molar-refractivity contribution in [2.24, 2.45) is 5.92 Å². The molecule has 2 N–H and O–H groups in total. The Balaban J connectivity index is 2.59. The van der Waals surface area contributed by atoms with E-state index < -0.39 is 17.6 Å². The van der Waals surface area contributed by atoms with Crippen molar-refractivity contribution in [2.45, 2.75) is 52.2 Å². The Hall–Kier alpha value is -1.30. The molecule has 0 radical (unpaired) electrons. The zero-order valence-electron chi connectivity index (χ0n) is 12.8. The Bertz CT molecular complexity index is 357. The molecule has 0 saturated carbocycles. The van der Waals surface area contributed by atoms with Gasteiger partial charge < -0.3 is 20.1 Å². The number of carbonyl (C=O) groups excluding carboxylic acids is 1. The van der Waals surface area contributed by atoms with Crippen LogP contribution in [0.15, 0.2) is 0 Å². The van der Waals surface area contributed by atoms with Crippen molar-refractivity contribution in [1.82, 2.24) is 10.2 Å². The van der Waals surface area contributed by atoms with Gasteiger partial charge in [0.15, 0.2) is 0 Å². The molecule has 2 atom stereocenters. The number of nitrogens with one attached hydrogen (secondary N) is 1. The molecule has 1 rings (SSSR count). The number of carboxylic acids is 1. The van der Waals surface area contributed by atoms with Gasteiger partial charge in [0.1, 0.15) is 6.04 Å². The first-order valence-corrected chi connectivity index (χ1v) is 7.18. The number of hydrogen-bond acceptors (Lipinski definition) is 3. The molecule has 0 spiro atoms. The van der Waals surface area contributed by atoms with E-state index in [0.717, 1.165) is 6.42 Å². The van der Waals surface area contributed by atoms with Crippen LogP contribution in [0.2, 0.25) is 0 Å². The van der Waals surface area contributed by atoms with Gasteiger partial charge in [-0.25, -0.2) is 9.59 Å². The first kappa shape index (κ1) is 16.8. The van der Waals surface area contributed by atoms with Gasteiger partial charge in [-0.2, -0.15) is 0 Å². The van der Waals surface area contributed by atoms with E-state index in [9.17, 15) is 14.7 Å². The fraction of sp³-hybridized carbons (Fsp3) is 0.857. The third-order valence-corrected chi connectivity index (χ3v) is 3.61. The van der Waals surface area contributed by atoms with Gasteiger partial charge >= 0.3 is 12.0 Å². The maximum Gasteiger partial charge on any atom is 0.326 e. The summed E-state index contributed by atoms with van der Waals surface area (Å²) in [5.74, 6) is -0.601. The van der Waals surface area contributed by atoms with Crippen molar-refractivity contribution in [2.75, 3.05) is 19.7 Å². The Morgan fingerprint density at radius 3 is 2.65 bits per heavy atom. The molecule has 6 heteroatoms. The summed E-state index contributed by atoms with van der Waals surface area (Å²) in [6.45, 7) is 9.12. The number of likely N-dealkylation sites (tertiary alicyclic amines) is 1. The minimum absolute atomic E-state index is 0.322. The molecule has 1 aliphatic rings. The van der Waals surface area contributed by atoms with E-state index in [0.29, 0.717) is 32.0 Å². The van der Waals surface area contributed by atoms with Crippen LogP contribution in [-0.4, -0.2) is 53.3 Å². The van der Waals surface area contributed by atoms with Gasteiger partial charge in [0.05, 0.1) is 5.60 Å². The maximum atomic E-state index is 12.2. The summed E-state index contributed by atoms with van der Waals surface area (Å²) in [4.78, 5) is 24.9. The van der Waals surface area contributed by atoms with Gasteiger partial charge in [-0.15, -0.1) is 0 Å². The number of ether oxygens (including phenoxy) is 1. The fourth-order valence-corrected chi connectivity index (χ4v) is 2.45. The first-order chi connectivity index (χ1) is 9.26. The van der Waals surface area contributed by atoms with E-state index in [4.69, 9.17) is 4.74 Å². The van der Waals surface area contributed by atoms with Crippen LogP contribution < -0.4 is 5.32 Å². The summed E-state index contributed by atoms with van der Waals surface area (Å²) in [7, 11) is 0. The third kappa shape index (κ3) is 4.67. The van der Waals surface area contributed by atoms with Crippen molar-refractivity contribution in [3.8, 4) is 0 Å². The lowest BCUT2D eigenvalue weighted by Gasteiger charge is -2.36. The van der Waals surface area contributed by atoms with Gasteiger partial charge in [-0.05, 0) is 39.5 Å². The smallest absolute Gasteiger partial charge is 0.326 e. The zero-order chi connectivity index (χ0) is 15.3. The predicted octanol–water partition coefficient (Wildman–Crippen LogP) is 1.70. The average Bonchev–Trinajstić information content (AvgIpc) is 2.35. The number of carboxylic acid groups (broad SMARTS) is 1. The van der Waals surface area contributed by atoms with Crippen LogP contribution in [0.3, 0.4) is 0 Å². The SMILES string of the molecule is CCOC(C)(C)CNC(=O)N1CCC(C)CC1C(=O)O. The highest BCUT2D eigenvalue weighted by molar-refractivity contribution is 5.82. The topological polar surface area (TPSA) is 78.9 Å². The molecule has 1 aliphatic heterocycles. The van der Waals surface area contributed by atoms with Crippen LogP contribution in [0.4, 0.5) is 4.79 Å². The number of amides is 2. The number of piperidine rings is 1. The highest BCUT2D eigenvalue weighted by atomic mass is 16.5. The van der Waals surface area contributed by atoms with E-state index in [1.54, 1.807) is 0 Å². The number of aliphatic carboxylic acids is 1. The van der Waals surface area contributed by atoms with Gasteiger partial charge in [-0.3, -0.25) is 0 Å². The van der Waals surface area contributed by atoms with Crippen molar-refractivity contribution < 1.29 is 19.4 Å². The van der Waals surface area contributed by atoms with E-state index in [2.05, 4.69) is 5.32 Å².